The number of rotatable bonds is 5. The first-order valence-electron chi connectivity index (χ1n) is 9.96. The molecule has 1 aliphatic heterocycles. The van der Waals surface area contributed by atoms with Crippen LogP contribution in [0.25, 0.3) is 5.82 Å². The van der Waals surface area contributed by atoms with Crippen molar-refractivity contribution in [3.8, 4) is 23.4 Å². The van der Waals surface area contributed by atoms with Gasteiger partial charge in [0.25, 0.3) is 5.91 Å². The molecule has 0 bridgehead atoms. The maximum Gasteiger partial charge on any atom is 0.425 e. The zero-order valence-corrected chi connectivity index (χ0v) is 17.9. The molecule has 3 heterocycles. The summed E-state index contributed by atoms with van der Waals surface area (Å²) in [5.74, 6) is -1.84. The minimum Gasteiger partial charge on any atom is -0.494 e. The van der Waals surface area contributed by atoms with Crippen molar-refractivity contribution < 1.29 is 31.8 Å². The van der Waals surface area contributed by atoms with E-state index in [-0.39, 0.29) is 41.5 Å². The maximum absolute atomic E-state index is 14.0. The minimum absolute atomic E-state index is 0.00379. The fourth-order valence-electron chi connectivity index (χ4n) is 3.53. The van der Waals surface area contributed by atoms with Crippen LogP contribution in [0, 0.1) is 17.1 Å². The number of nitrogens with zero attached hydrogens (tertiary/aromatic N) is 5. The van der Waals surface area contributed by atoms with Crippen LogP contribution in [0.1, 0.15) is 34.1 Å². The summed E-state index contributed by atoms with van der Waals surface area (Å²) in [5, 5.41) is 13.7. The molecule has 12 heteroatoms. The molecule has 0 saturated carbocycles. The molecule has 1 aromatic carbocycles. The highest BCUT2D eigenvalue weighted by Crippen LogP contribution is 2.37. The first-order valence-corrected chi connectivity index (χ1v) is 9.96. The van der Waals surface area contributed by atoms with Crippen molar-refractivity contribution in [2.75, 3.05) is 7.11 Å². The Kier molecular flexibility index (Phi) is 5.87. The fraction of sp³-hybridized carbons (Fsp3) is 0.273. The number of amides is 1. The number of methoxy groups -OCH3 is 1. The summed E-state index contributed by atoms with van der Waals surface area (Å²) in [5.41, 5.74) is 0.747. The van der Waals surface area contributed by atoms with Crippen LogP contribution < -0.4 is 9.47 Å². The van der Waals surface area contributed by atoms with E-state index in [0.717, 1.165) is 13.0 Å². The van der Waals surface area contributed by atoms with E-state index >= 15 is 0 Å². The number of pyridine rings is 1. The molecule has 176 valence electrons. The molecule has 0 spiro atoms. The second-order valence-corrected chi connectivity index (χ2v) is 7.45. The van der Waals surface area contributed by atoms with E-state index in [9.17, 15) is 27.6 Å². The number of halogens is 4. The van der Waals surface area contributed by atoms with Gasteiger partial charge in [0.15, 0.2) is 23.5 Å². The van der Waals surface area contributed by atoms with Gasteiger partial charge in [0.2, 0.25) is 0 Å². The van der Waals surface area contributed by atoms with Gasteiger partial charge in [0.1, 0.15) is 17.4 Å². The van der Waals surface area contributed by atoms with Gasteiger partial charge in [-0.05, 0) is 31.2 Å². The van der Waals surface area contributed by atoms with Crippen molar-refractivity contribution >= 4 is 5.91 Å². The minimum atomic E-state index is -4.67. The molecule has 1 atom stereocenters. The highest BCUT2D eigenvalue weighted by molar-refractivity contribution is 6.00. The normalized spacial score (nSPS) is 13.9. The van der Waals surface area contributed by atoms with Crippen molar-refractivity contribution in [1.82, 2.24) is 19.7 Å². The van der Waals surface area contributed by atoms with Gasteiger partial charge >= 0.3 is 6.18 Å². The largest absolute Gasteiger partial charge is 0.494 e. The number of aromatic nitrogens is 3. The lowest BCUT2D eigenvalue weighted by Gasteiger charge is -2.23. The summed E-state index contributed by atoms with van der Waals surface area (Å²) < 4.78 is 64.8. The predicted octanol–water partition coefficient (Wildman–Crippen LogP) is 3.77. The highest BCUT2D eigenvalue weighted by atomic mass is 19.4. The molecule has 0 N–H and O–H groups in total. The molecule has 3 aromatic rings. The number of benzene rings is 1. The number of carbonyl (C=O) groups is 1. The quantitative estimate of drug-likeness (QED) is 0.522. The molecule has 1 amide bonds. The fourth-order valence-corrected chi connectivity index (χ4v) is 3.53. The third kappa shape index (κ3) is 4.12. The van der Waals surface area contributed by atoms with E-state index in [4.69, 9.17) is 9.47 Å². The average Bonchev–Trinajstić information content (AvgIpc) is 3.37. The first kappa shape index (κ1) is 23.0. The Hall–Kier alpha value is -4.14. The number of fused-ring (bicyclic) bond motifs is 1. The van der Waals surface area contributed by atoms with Gasteiger partial charge in [-0.1, -0.05) is 0 Å². The van der Waals surface area contributed by atoms with Crippen LogP contribution in [0.4, 0.5) is 17.6 Å². The third-order valence-electron chi connectivity index (χ3n) is 5.24. The SMILES string of the molecule is COc1c(C#N)ccc(O[C@@H](C)C(F)(F)F)c1C(=O)N1Cc2cn(-c3ncccc3F)nc2C1. The summed E-state index contributed by atoms with van der Waals surface area (Å²) in [6, 6.07) is 6.89. The smallest absolute Gasteiger partial charge is 0.425 e. The summed E-state index contributed by atoms with van der Waals surface area (Å²) >= 11 is 0. The van der Waals surface area contributed by atoms with Crippen LogP contribution in [-0.4, -0.2) is 45.0 Å². The first-order chi connectivity index (χ1) is 16.1. The van der Waals surface area contributed by atoms with Crippen LogP contribution in [0.15, 0.2) is 36.7 Å². The lowest BCUT2D eigenvalue weighted by atomic mass is 10.1. The average molecular weight is 475 g/mol. The Morgan fingerprint density at radius 2 is 2.03 bits per heavy atom. The summed E-state index contributed by atoms with van der Waals surface area (Å²) in [6.07, 6.45) is -3.93. The van der Waals surface area contributed by atoms with E-state index < -0.39 is 24.0 Å². The Balaban J connectivity index is 1.66. The van der Waals surface area contributed by atoms with Gasteiger partial charge < -0.3 is 14.4 Å². The zero-order valence-electron chi connectivity index (χ0n) is 17.9. The van der Waals surface area contributed by atoms with Gasteiger partial charge in [-0.25, -0.2) is 14.1 Å². The molecule has 8 nitrogen and oxygen atoms in total. The number of ether oxygens (including phenoxy) is 2. The Bertz CT molecular complexity index is 1280. The van der Waals surface area contributed by atoms with Gasteiger partial charge in [-0.2, -0.15) is 23.5 Å². The predicted molar refractivity (Wildman–Crippen MR) is 109 cm³/mol. The van der Waals surface area contributed by atoms with Gasteiger partial charge in [-0.15, -0.1) is 0 Å². The number of carbonyl (C=O) groups excluding carboxylic acids is 1. The zero-order chi connectivity index (χ0) is 24.6. The summed E-state index contributed by atoms with van der Waals surface area (Å²) in [6.45, 7) is 0.866. The van der Waals surface area contributed by atoms with E-state index in [1.165, 1.54) is 47.3 Å². The molecular formula is C22H17F4N5O3. The number of hydrogen-bond donors (Lipinski definition) is 0. The van der Waals surface area contributed by atoms with Crippen molar-refractivity contribution in [1.29, 1.82) is 5.26 Å². The number of nitriles is 1. The summed E-state index contributed by atoms with van der Waals surface area (Å²) in [7, 11) is 1.20. The topological polar surface area (TPSA) is 93.3 Å². The molecule has 2 aromatic heterocycles. The van der Waals surface area contributed by atoms with E-state index in [2.05, 4.69) is 10.1 Å². The maximum atomic E-state index is 14.0. The van der Waals surface area contributed by atoms with E-state index in [1.54, 1.807) is 0 Å². The van der Waals surface area contributed by atoms with Crippen LogP contribution in [0.5, 0.6) is 11.5 Å². The summed E-state index contributed by atoms with van der Waals surface area (Å²) in [4.78, 5) is 18.7. The Labute approximate surface area is 190 Å². The Morgan fingerprint density at radius 3 is 2.65 bits per heavy atom. The second-order valence-electron chi connectivity index (χ2n) is 7.45. The molecule has 1 aliphatic rings. The lowest BCUT2D eigenvalue weighted by Crippen LogP contribution is -2.33. The molecular weight excluding hydrogens is 458 g/mol. The van der Waals surface area contributed by atoms with Crippen LogP contribution in [0.3, 0.4) is 0 Å². The molecule has 4 rings (SSSR count). The number of alkyl halides is 3. The van der Waals surface area contributed by atoms with Crippen molar-refractivity contribution in [2.45, 2.75) is 32.3 Å². The van der Waals surface area contributed by atoms with Gasteiger partial charge in [-0.3, -0.25) is 4.79 Å². The molecule has 0 fully saturated rings. The second kappa shape index (κ2) is 8.66. The van der Waals surface area contributed by atoms with Crippen molar-refractivity contribution in [3.05, 3.63) is 64.9 Å². The van der Waals surface area contributed by atoms with Crippen molar-refractivity contribution in [3.63, 3.8) is 0 Å². The molecule has 0 radical (unpaired) electrons. The highest BCUT2D eigenvalue weighted by Gasteiger charge is 2.40. The number of hydrogen-bond acceptors (Lipinski definition) is 6. The van der Waals surface area contributed by atoms with Gasteiger partial charge in [0.05, 0.1) is 24.9 Å². The van der Waals surface area contributed by atoms with Gasteiger partial charge in [0, 0.05) is 24.5 Å². The van der Waals surface area contributed by atoms with Crippen LogP contribution >= 0.6 is 0 Å². The molecule has 0 saturated heterocycles. The monoisotopic (exact) mass is 475 g/mol. The molecule has 0 unspecified atom stereocenters. The standard InChI is InChI=1S/C22H17F4N5O3/c1-12(22(24,25)26)34-17-6-5-13(8-27)19(33-2)18(17)21(32)30-9-14-10-31(29-16(14)11-30)20-15(23)4-3-7-28-20/h3-7,10,12H,9,11H2,1-2H3/t12-/m0/s1. The molecule has 0 aliphatic carbocycles. The third-order valence-corrected chi connectivity index (χ3v) is 5.24. The molecule has 34 heavy (non-hydrogen) atoms. The lowest BCUT2D eigenvalue weighted by molar-refractivity contribution is -0.189. The van der Waals surface area contributed by atoms with Crippen LogP contribution in [-0.2, 0) is 13.1 Å². The Morgan fingerprint density at radius 1 is 1.26 bits per heavy atom. The van der Waals surface area contributed by atoms with E-state index in [0.29, 0.717) is 11.3 Å². The van der Waals surface area contributed by atoms with Crippen molar-refractivity contribution in [2.24, 2.45) is 0 Å². The van der Waals surface area contributed by atoms with Crippen LogP contribution in [0.2, 0.25) is 0 Å². The van der Waals surface area contributed by atoms with E-state index in [1.807, 2.05) is 6.07 Å².